The molecule has 0 radical (unpaired) electrons. The van der Waals surface area contributed by atoms with Gasteiger partial charge in [-0.25, -0.2) is 13.2 Å². The van der Waals surface area contributed by atoms with E-state index in [-0.39, 0.29) is 27.2 Å². The highest BCUT2D eigenvalue weighted by Gasteiger charge is 2.29. The van der Waals surface area contributed by atoms with Crippen LogP contribution in [0.25, 0.3) is 0 Å². The van der Waals surface area contributed by atoms with Gasteiger partial charge in [-0.15, -0.1) is 11.3 Å². The number of thiocarbonyl (C=S) groups is 1. The van der Waals surface area contributed by atoms with Gasteiger partial charge in [0.2, 0.25) is 0 Å². The van der Waals surface area contributed by atoms with Gasteiger partial charge in [-0.05, 0) is 32.5 Å². The quantitative estimate of drug-likeness (QED) is 0.636. The Labute approximate surface area is 150 Å². The standard InChI is InChI=1S/C13H18N4O4S3/c1-4-6-15-12(22)17-24(19,20)10-9(7-14)8(3)23-11(10)16-13(18)21-5-2/h4-6H2,1-3H3,(H,16,18)(H2,15,17,22). The normalized spacial score (nSPS) is 10.6. The molecule has 1 heterocycles. The summed E-state index contributed by atoms with van der Waals surface area (Å²) in [6, 6.07) is 1.85. The van der Waals surface area contributed by atoms with Crippen LogP contribution in [-0.4, -0.2) is 32.8 Å². The van der Waals surface area contributed by atoms with Crippen LogP contribution in [0.15, 0.2) is 4.90 Å². The molecular weight excluding hydrogens is 372 g/mol. The molecule has 0 saturated heterocycles. The third-order valence-corrected chi connectivity index (χ3v) is 5.62. The largest absolute Gasteiger partial charge is 0.450 e. The summed E-state index contributed by atoms with van der Waals surface area (Å²) in [7, 11) is -4.14. The third-order valence-electron chi connectivity index (χ3n) is 2.67. The van der Waals surface area contributed by atoms with Gasteiger partial charge in [-0.2, -0.15) is 5.26 Å². The van der Waals surface area contributed by atoms with Crippen LogP contribution >= 0.6 is 23.6 Å². The fraction of sp³-hybridized carbons (Fsp3) is 0.462. The summed E-state index contributed by atoms with van der Waals surface area (Å²) in [5.41, 5.74) is -0.0439. The van der Waals surface area contributed by atoms with Crippen LogP contribution in [0.1, 0.15) is 30.7 Å². The van der Waals surface area contributed by atoms with Crippen molar-refractivity contribution in [2.45, 2.75) is 32.1 Å². The average molecular weight is 391 g/mol. The SMILES string of the molecule is CCCNC(=S)NS(=O)(=O)c1c(NC(=O)OCC)sc(C)c1C#N. The van der Waals surface area contributed by atoms with Gasteiger partial charge in [0.25, 0.3) is 10.0 Å². The van der Waals surface area contributed by atoms with Crippen LogP contribution < -0.4 is 15.4 Å². The number of ether oxygens (including phenoxy) is 1. The summed E-state index contributed by atoms with van der Waals surface area (Å²) in [5.74, 6) is 0. The molecule has 1 amide bonds. The van der Waals surface area contributed by atoms with Gasteiger partial charge in [0, 0.05) is 11.4 Å². The second-order valence-electron chi connectivity index (χ2n) is 4.51. The maximum absolute atomic E-state index is 12.6. The van der Waals surface area contributed by atoms with Crippen molar-refractivity contribution in [3.63, 3.8) is 0 Å². The van der Waals surface area contributed by atoms with Crippen molar-refractivity contribution in [2.75, 3.05) is 18.5 Å². The molecule has 1 aromatic rings. The van der Waals surface area contributed by atoms with E-state index in [1.807, 2.05) is 13.0 Å². The Morgan fingerprint density at radius 1 is 1.42 bits per heavy atom. The lowest BCUT2D eigenvalue weighted by atomic mass is 10.3. The number of hydrogen-bond donors (Lipinski definition) is 3. The van der Waals surface area contributed by atoms with Crippen molar-refractivity contribution >= 4 is 49.8 Å². The fourth-order valence-corrected chi connectivity index (χ4v) is 4.72. The van der Waals surface area contributed by atoms with Crippen LogP contribution in [0, 0.1) is 18.3 Å². The first-order valence-electron chi connectivity index (χ1n) is 7.04. The predicted octanol–water partition coefficient (Wildman–Crippen LogP) is 2.06. The highest BCUT2D eigenvalue weighted by atomic mass is 32.2. The molecule has 24 heavy (non-hydrogen) atoms. The van der Waals surface area contributed by atoms with Gasteiger partial charge in [-0.3, -0.25) is 10.0 Å². The first-order valence-corrected chi connectivity index (χ1v) is 9.75. The van der Waals surface area contributed by atoms with Crippen molar-refractivity contribution < 1.29 is 17.9 Å². The summed E-state index contributed by atoms with van der Waals surface area (Å²) in [6.07, 6.45) is -0.0372. The second-order valence-corrected chi connectivity index (χ2v) is 7.76. The number of thiophene rings is 1. The van der Waals surface area contributed by atoms with E-state index in [1.165, 1.54) is 0 Å². The van der Waals surface area contributed by atoms with E-state index in [9.17, 15) is 18.5 Å². The number of nitrogens with one attached hydrogen (secondary N) is 3. The number of nitriles is 1. The van der Waals surface area contributed by atoms with Gasteiger partial charge in [0.15, 0.2) is 5.11 Å². The van der Waals surface area contributed by atoms with Crippen LogP contribution in [0.2, 0.25) is 0 Å². The van der Waals surface area contributed by atoms with Crippen LogP contribution in [0.4, 0.5) is 9.80 Å². The Balaban J connectivity index is 3.22. The maximum atomic E-state index is 12.6. The molecule has 0 spiro atoms. The number of carbonyl (C=O) groups excluding carboxylic acids is 1. The Morgan fingerprint density at radius 3 is 2.62 bits per heavy atom. The number of amides is 1. The minimum Gasteiger partial charge on any atom is -0.450 e. The van der Waals surface area contributed by atoms with Crippen LogP contribution in [0.5, 0.6) is 0 Å². The highest BCUT2D eigenvalue weighted by Crippen LogP contribution is 2.36. The molecule has 0 bridgehead atoms. The molecule has 0 fully saturated rings. The highest BCUT2D eigenvalue weighted by molar-refractivity contribution is 7.92. The molecule has 132 valence electrons. The molecule has 0 aromatic carbocycles. The zero-order valence-corrected chi connectivity index (χ0v) is 15.9. The van der Waals surface area contributed by atoms with Crippen LogP contribution in [-0.2, 0) is 14.8 Å². The lowest BCUT2D eigenvalue weighted by molar-refractivity contribution is 0.168. The van der Waals surface area contributed by atoms with E-state index in [1.54, 1.807) is 13.8 Å². The molecule has 0 atom stereocenters. The van der Waals surface area contributed by atoms with E-state index in [2.05, 4.69) is 15.4 Å². The van der Waals surface area contributed by atoms with Gasteiger partial charge < -0.3 is 10.1 Å². The lowest BCUT2D eigenvalue weighted by Gasteiger charge is -2.12. The van der Waals surface area contributed by atoms with Gasteiger partial charge >= 0.3 is 6.09 Å². The van der Waals surface area contributed by atoms with Gasteiger partial charge in [0.05, 0.1) is 12.2 Å². The Bertz CT molecular complexity index is 765. The molecule has 8 nitrogen and oxygen atoms in total. The van der Waals surface area contributed by atoms with E-state index in [0.717, 1.165) is 17.8 Å². The monoisotopic (exact) mass is 390 g/mol. The Hall–Kier alpha value is -1.90. The Morgan fingerprint density at radius 2 is 2.08 bits per heavy atom. The van der Waals surface area contributed by atoms with E-state index >= 15 is 0 Å². The first kappa shape index (κ1) is 20.1. The van der Waals surface area contributed by atoms with Crippen LogP contribution in [0.3, 0.4) is 0 Å². The summed E-state index contributed by atoms with van der Waals surface area (Å²) < 4.78 is 32.1. The molecule has 0 aliphatic rings. The molecule has 11 heteroatoms. The molecule has 0 unspecified atom stereocenters. The number of carbonyl (C=O) groups is 1. The lowest BCUT2D eigenvalue weighted by Crippen LogP contribution is -2.39. The number of rotatable bonds is 6. The predicted molar refractivity (Wildman–Crippen MR) is 95.6 cm³/mol. The zero-order valence-electron chi connectivity index (χ0n) is 13.4. The topological polar surface area (TPSA) is 120 Å². The zero-order chi connectivity index (χ0) is 18.3. The summed E-state index contributed by atoms with van der Waals surface area (Å²) in [5, 5.41) is 14.3. The first-order chi connectivity index (χ1) is 11.3. The number of anilines is 1. The number of nitrogens with zero attached hydrogens (tertiary/aromatic N) is 1. The van der Waals surface area contributed by atoms with Crippen molar-refractivity contribution in [1.82, 2.24) is 10.0 Å². The molecule has 3 N–H and O–H groups in total. The number of hydrogen-bond acceptors (Lipinski definition) is 7. The second kappa shape index (κ2) is 8.81. The van der Waals surface area contributed by atoms with Crippen molar-refractivity contribution in [2.24, 2.45) is 0 Å². The molecule has 0 saturated carbocycles. The molecule has 1 rings (SSSR count). The van der Waals surface area contributed by atoms with E-state index in [4.69, 9.17) is 17.0 Å². The minimum atomic E-state index is -4.14. The van der Waals surface area contributed by atoms with Gasteiger partial charge in [-0.1, -0.05) is 6.92 Å². The number of aryl methyl sites for hydroxylation is 1. The molecule has 1 aromatic heterocycles. The average Bonchev–Trinajstić information content (AvgIpc) is 2.80. The minimum absolute atomic E-state index is 0.00768. The molecule has 0 aliphatic heterocycles. The maximum Gasteiger partial charge on any atom is 0.412 e. The van der Waals surface area contributed by atoms with Crippen molar-refractivity contribution in [3.8, 4) is 6.07 Å². The fourth-order valence-electron chi connectivity index (χ4n) is 1.70. The summed E-state index contributed by atoms with van der Waals surface area (Å²) in [4.78, 5) is 11.7. The molecule has 0 aliphatic carbocycles. The Kier molecular flexibility index (Phi) is 7.40. The number of sulfonamides is 1. The summed E-state index contributed by atoms with van der Waals surface area (Å²) in [6.45, 7) is 5.75. The van der Waals surface area contributed by atoms with Crippen molar-refractivity contribution in [1.29, 1.82) is 5.26 Å². The third kappa shape index (κ3) is 5.05. The van der Waals surface area contributed by atoms with Crippen molar-refractivity contribution in [3.05, 3.63) is 10.4 Å². The van der Waals surface area contributed by atoms with E-state index < -0.39 is 16.1 Å². The van der Waals surface area contributed by atoms with Gasteiger partial charge in [0.1, 0.15) is 16.0 Å². The smallest absolute Gasteiger partial charge is 0.412 e. The molecular formula is C13H18N4O4S3. The van der Waals surface area contributed by atoms with E-state index in [0.29, 0.717) is 11.4 Å². The summed E-state index contributed by atoms with van der Waals surface area (Å²) >= 11 is 5.91.